The highest BCUT2D eigenvalue weighted by molar-refractivity contribution is 6.17. The van der Waals surface area contributed by atoms with Crippen LogP contribution in [-0.4, -0.2) is 9.13 Å². The highest BCUT2D eigenvalue weighted by Crippen LogP contribution is 2.27. The molecule has 0 N–H and O–H groups in total. The van der Waals surface area contributed by atoms with Crippen molar-refractivity contribution in [1.29, 1.82) is 0 Å². The van der Waals surface area contributed by atoms with Gasteiger partial charge in [-0.3, -0.25) is 28.3 Å². The van der Waals surface area contributed by atoms with E-state index in [4.69, 9.17) is 0 Å². The molecule has 4 rings (SSSR count). The first-order chi connectivity index (χ1) is 15.8. The molecule has 0 aliphatic rings. The molecular weight excluding hydrogens is 416 g/mol. The molecule has 33 heavy (non-hydrogen) atoms. The molecule has 0 aliphatic heterocycles. The lowest BCUT2D eigenvalue weighted by molar-refractivity contribution is 0.384. The first kappa shape index (κ1) is 23.1. The lowest BCUT2D eigenvalue weighted by Crippen LogP contribution is -2.29. The van der Waals surface area contributed by atoms with Gasteiger partial charge in [-0.25, -0.2) is 0 Å². The lowest BCUT2D eigenvalue weighted by atomic mass is 9.99. The van der Waals surface area contributed by atoms with Crippen LogP contribution in [0, 0.1) is 11.8 Å². The van der Waals surface area contributed by atoms with Crippen LogP contribution in [-0.2, 0) is 13.1 Å². The Balaban J connectivity index is 1.95. The van der Waals surface area contributed by atoms with Crippen molar-refractivity contribution in [2.24, 2.45) is 11.8 Å². The molecule has 0 fully saturated rings. The van der Waals surface area contributed by atoms with Gasteiger partial charge in [0.15, 0.2) is 0 Å². The van der Waals surface area contributed by atoms with Gasteiger partial charge in [-0.15, -0.1) is 0 Å². The number of nitrogens with zero attached hydrogens (tertiary/aromatic N) is 2. The van der Waals surface area contributed by atoms with E-state index in [9.17, 15) is 19.2 Å². The Morgan fingerprint density at radius 2 is 1.15 bits per heavy atom. The van der Waals surface area contributed by atoms with Gasteiger partial charge < -0.3 is 0 Å². The summed E-state index contributed by atoms with van der Waals surface area (Å²) in [4.78, 5) is 52.6. The van der Waals surface area contributed by atoms with Gasteiger partial charge >= 0.3 is 0 Å². The summed E-state index contributed by atoms with van der Waals surface area (Å²) in [5.74, 6) is 0.477. The predicted octanol–water partition coefficient (Wildman–Crippen LogP) is 4.33. The van der Waals surface area contributed by atoms with Gasteiger partial charge in [0.2, 0.25) is 0 Å². The molecule has 0 aliphatic carbocycles. The molecule has 0 saturated heterocycles. The summed E-state index contributed by atoms with van der Waals surface area (Å²) in [6, 6.07) is 6.70. The molecule has 6 heteroatoms. The maximum Gasteiger partial charge on any atom is 0.262 e. The zero-order valence-corrected chi connectivity index (χ0v) is 19.9. The highest BCUT2D eigenvalue weighted by atomic mass is 16.2. The minimum atomic E-state index is -0.319. The molecule has 6 nitrogen and oxygen atoms in total. The summed E-state index contributed by atoms with van der Waals surface area (Å²) in [6.07, 6.45) is 4.90. The Hall–Kier alpha value is -3.02. The lowest BCUT2D eigenvalue weighted by Gasteiger charge is -2.13. The Kier molecular flexibility index (Phi) is 6.37. The number of rotatable bonds is 9. The number of aromatic nitrogens is 2. The molecule has 4 aromatic rings. The van der Waals surface area contributed by atoms with E-state index in [2.05, 4.69) is 13.8 Å². The molecule has 0 amide bonds. The zero-order valence-electron chi connectivity index (χ0n) is 19.9. The molecule has 0 saturated carbocycles. The molecule has 2 aromatic heterocycles. The third-order valence-electron chi connectivity index (χ3n) is 7.25. The van der Waals surface area contributed by atoms with Gasteiger partial charge in [-0.05, 0) is 41.2 Å². The van der Waals surface area contributed by atoms with E-state index in [0.29, 0.717) is 45.4 Å². The van der Waals surface area contributed by atoms with Crippen LogP contribution in [0.25, 0.3) is 32.3 Å². The highest BCUT2D eigenvalue weighted by Gasteiger charge is 2.22. The molecule has 0 bridgehead atoms. The topological polar surface area (TPSA) is 78.1 Å². The van der Waals surface area contributed by atoms with E-state index < -0.39 is 0 Å². The first-order valence-electron chi connectivity index (χ1n) is 12.2. The molecule has 2 atom stereocenters. The van der Waals surface area contributed by atoms with Crippen molar-refractivity contribution in [2.45, 2.75) is 72.9 Å². The smallest absolute Gasteiger partial charge is 0.262 e. The van der Waals surface area contributed by atoms with E-state index in [0.717, 1.165) is 32.1 Å². The van der Waals surface area contributed by atoms with Crippen LogP contribution in [0.1, 0.15) is 59.8 Å². The summed E-state index contributed by atoms with van der Waals surface area (Å²) in [6.45, 7) is 9.05. The maximum atomic E-state index is 13.4. The predicted molar refractivity (Wildman–Crippen MR) is 135 cm³/mol. The number of benzene rings is 2. The van der Waals surface area contributed by atoms with E-state index in [1.165, 1.54) is 9.13 Å². The Labute approximate surface area is 192 Å². The van der Waals surface area contributed by atoms with Crippen LogP contribution >= 0.6 is 0 Å². The fraction of sp³-hybridized carbons (Fsp3) is 0.481. The maximum absolute atomic E-state index is 13.4. The van der Waals surface area contributed by atoms with Crippen LogP contribution in [0.4, 0.5) is 0 Å². The Bertz CT molecular complexity index is 1530. The second-order valence-electron chi connectivity index (χ2n) is 9.44. The second-order valence-corrected chi connectivity index (χ2v) is 9.44. The number of hydrogen-bond donors (Lipinski definition) is 0. The number of fused-ring (bicyclic) bond motifs is 5. The SMILES string of the molecule is CCCCC(CC)Cn1c(=O)c2ccc3c(ccc4c(=O)n(CC(C)CC)c(=O)c43)c2c1=O. The molecule has 174 valence electrons. The summed E-state index contributed by atoms with van der Waals surface area (Å²) in [7, 11) is 0. The molecule has 0 spiro atoms. The van der Waals surface area contributed by atoms with Gasteiger partial charge in [0.25, 0.3) is 22.2 Å². The van der Waals surface area contributed by atoms with Crippen molar-refractivity contribution in [3.63, 3.8) is 0 Å². The van der Waals surface area contributed by atoms with Crippen molar-refractivity contribution in [2.75, 3.05) is 0 Å². The molecular formula is C27H32N2O4. The molecule has 2 unspecified atom stereocenters. The zero-order chi connectivity index (χ0) is 23.9. The van der Waals surface area contributed by atoms with E-state index in [-0.39, 0.29) is 34.1 Å². The fourth-order valence-corrected chi connectivity index (χ4v) is 4.92. The van der Waals surface area contributed by atoms with Crippen LogP contribution in [0.5, 0.6) is 0 Å². The second kappa shape index (κ2) is 9.08. The standard InChI is InChI=1S/C27H32N2O4/c1-5-8-9-17(7-3)15-29-25(31)21-13-11-18-19(23(21)27(29)33)10-12-20-22(18)26(32)28(24(20)30)14-16(4)6-2/h10-13,16-17H,5-9,14-15H2,1-4H3. The van der Waals surface area contributed by atoms with Gasteiger partial charge in [0.05, 0.1) is 21.5 Å². The molecule has 0 radical (unpaired) electrons. The largest absolute Gasteiger partial charge is 0.274 e. The average Bonchev–Trinajstić information content (AvgIpc) is 3.21. The molecule has 2 heterocycles. The minimum Gasteiger partial charge on any atom is -0.274 e. The van der Waals surface area contributed by atoms with Gasteiger partial charge in [0, 0.05) is 13.1 Å². The minimum absolute atomic E-state index is 0.203. The van der Waals surface area contributed by atoms with Crippen LogP contribution in [0.3, 0.4) is 0 Å². The Morgan fingerprint density at radius 1 is 0.667 bits per heavy atom. The third kappa shape index (κ3) is 3.75. The molecule has 2 aromatic carbocycles. The van der Waals surface area contributed by atoms with Crippen LogP contribution in [0.2, 0.25) is 0 Å². The quantitative estimate of drug-likeness (QED) is 0.382. The third-order valence-corrected chi connectivity index (χ3v) is 7.25. The summed E-state index contributed by atoms with van der Waals surface area (Å²) in [5.41, 5.74) is -1.18. The van der Waals surface area contributed by atoms with E-state index in [1.807, 2.05) is 13.8 Å². The van der Waals surface area contributed by atoms with Gasteiger partial charge in [0.1, 0.15) is 0 Å². The van der Waals surface area contributed by atoms with Crippen LogP contribution in [0.15, 0.2) is 43.4 Å². The van der Waals surface area contributed by atoms with Crippen molar-refractivity contribution < 1.29 is 0 Å². The van der Waals surface area contributed by atoms with Crippen molar-refractivity contribution in [3.05, 3.63) is 65.7 Å². The average molecular weight is 449 g/mol. The Morgan fingerprint density at radius 3 is 1.61 bits per heavy atom. The monoisotopic (exact) mass is 448 g/mol. The van der Waals surface area contributed by atoms with Crippen molar-refractivity contribution in [1.82, 2.24) is 9.13 Å². The van der Waals surface area contributed by atoms with E-state index >= 15 is 0 Å². The van der Waals surface area contributed by atoms with Crippen molar-refractivity contribution in [3.8, 4) is 0 Å². The first-order valence-corrected chi connectivity index (χ1v) is 12.2. The fourth-order valence-electron chi connectivity index (χ4n) is 4.92. The van der Waals surface area contributed by atoms with Crippen LogP contribution < -0.4 is 22.2 Å². The number of hydrogen-bond acceptors (Lipinski definition) is 4. The summed E-state index contributed by atoms with van der Waals surface area (Å²) in [5, 5.41) is 2.58. The van der Waals surface area contributed by atoms with E-state index in [1.54, 1.807) is 24.3 Å². The van der Waals surface area contributed by atoms with Gasteiger partial charge in [-0.2, -0.15) is 0 Å². The summed E-state index contributed by atoms with van der Waals surface area (Å²) < 4.78 is 2.67. The normalized spacial score (nSPS) is 13.9. The summed E-state index contributed by atoms with van der Waals surface area (Å²) >= 11 is 0. The van der Waals surface area contributed by atoms with Crippen molar-refractivity contribution >= 4 is 32.3 Å². The van der Waals surface area contributed by atoms with Gasteiger partial charge in [-0.1, -0.05) is 65.5 Å². The number of unbranched alkanes of at least 4 members (excludes halogenated alkanes) is 1.